The minimum absolute atomic E-state index is 0.0949. The number of rotatable bonds is 5. The first-order chi connectivity index (χ1) is 11.8. The standard InChI is InChI=1S/C20H17FO2S2/c1-12(2)19(22)24-15-7-5-14(6-8-15)17-10-9-16(11-18(17)21)25-20(23)13(3)4/h5-11H,1,3H2,2,4H3. The average molecular weight is 372 g/mol. The van der Waals surface area contributed by atoms with E-state index in [-0.39, 0.29) is 10.2 Å². The van der Waals surface area contributed by atoms with Crippen LogP contribution in [0.1, 0.15) is 13.8 Å². The van der Waals surface area contributed by atoms with E-state index in [4.69, 9.17) is 0 Å². The van der Waals surface area contributed by atoms with Gasteiger partial charge in [0, 0.05) is 15.4 Å². The third-order valence-corrected chi connectivity index (χ3v) is 5.29. The van der Waals surface area contributed by atoms with Gasteiger partial charge in [-0.15, -0.1) is 0 Å². The Kier molecular flexibility index (Phi) is 6.39. The van der Waals surface area contributed by atoms with Crippen LogP contribution in [0.15, 0.2) is 76.6 Å². The molecule has 0 saturated heterocycles. The monoisotopic (exact) mass is 372 g/mol. The minimum Gasteiger partial charge on any atom is -0.282 e. The van der Waals surface area contributed by atoms with Gasteiger partial charge in [-0.3, -0.25) is 9.59 Å². The van der Waals surface area contributed by atoms with Crippen molar-refractivity contribution in [3.8, 4) is 11.1 Å². The normalized spacial score (nSPS) is 10.4. The second kappa shape index (κ2) is 8.32. The van der Waals surface area contributed by atoms with Gasteiger partial charge >= 0.3 is 0 Å². The molecule has 0 radical (unpaired) electrons. The molecule has 0 heterocycles. The van der Waals surface area contributed by atoms with Gasteiger partial charge in [-0.05, 0) is 78.3 Å². The summed E-state index contributed by atoms with van der Waals surface area (Å²) in [5, 5.41) is -0.279. The van der Waals surface area contributed by atoms with Crippen molar-refractivity contribution in [1.82, 2.24) is 0 Å². The summed E-state index contributed by atoms with van der Waals surface area (Å²) in [6.07, 6.45) is 0. The van der Waals surface area contributed by atoms with Crippen LogP contribution in [-0.4, -0.2) is 10.2 Å². The van der Waals surface area contributed by atoms with E-state index in [2.05, 4.69) is 13.2 Å². The molecule has 2 rings (SSSR count). The Morgan fingerprint density at radius 2 is 1.32 bits per heavy atom. The van der Waals surface area contributed by atoms with Crippen LogP contribution < -0.4 is 0 Å². The molecule has 0 atom stereocenters. The number of carbonyl (C=O) groups excluding carboxylic acids is 2. The minimum atomic E-state index is -0.405. The third-order valence-electron chi connectivity index (χ3n) is 3.22. The van der Waals surface area contributed by atoms with Crippen LogP contribution in [0.3, 0.4) is 0 Å². The molecular weight excluding hydrogens is 355 g/mol. The molecule has 0 amide bonds. The highest BCUT2D eigenvalue weighted by Gasteiger charge is 2.11. The van der Waals surface area contributed by atoms with Crippen molar-refractivity contribution in [3.63, 3.8) is 0 Å². The maximum atomic E-state index is 14.4. The topological polar surface area (TPSA) is 34.1 Å². The third kappa shape index (κ3) is 5.18. The van der Waals surface area contributed by atoms with Gasteiger partial charge in [-0.2, -0.15) is 0 Å². The van der Waals surface area contributed by atoms with Crippen molar-refractivity contribution in [2.45, 2.75) is 23.6 Å². The fraction of sp³-hybridized carbons (Fsp3) is 0.100. The van der Waals surface area contributed by atoms with Crippen LogP contribution >= 0.6 is 23.5 Å². The number of hydrogen-bond donors (Lipinski definition) is 0. The van der Waals surface area contributed by atoms with Gasteiger partial charge in [0.2, 0.25) is 10.2 Å². The summed E-state index contributed by atoms with van der Waals surface area (Å²) in [6, 6.07) is 11.8. The molecule has 0 aromatic heterocycles. The summed E-state index contributed by atoms with van der Waals surface area (Å²) >= 11 is 2.04. The van der Waals surface area contributed by atoms with Crippen LogP contribution in [0, 0.1) is 5.82 Å². The molecule has 0 fully saturated rings. The largest absolute Gasteiger partial charge is 0.282 e. The number of halogens is 1. The van der Waals surface area contributed by atoms with Crippen LogP contribution in [-0.2, 0) is 9.59 Å². The van der Waals surface area contributed by atoms with Gasteiger partial charge in [0.15, 0.2) is 0 Å². The number of carbonyl (C=O) groups is 2. The summed E-state index contributed by atoms with van der Waals surface area (Å²) in [5.41, 5.74) is 2.05. The zero-order valence-corrected chi connectivity index (χ0v) is 15.6. The van der Waals surface area contributed by atoms with E-state index in [1.165, 1.54) is 6.07 Å². The van der Waals surface area contributed by atoms with Crippen molar-refractivity contribution >= 4 is 33.8 Å². The highest BCUT2D eigenvalue weighted by molar-refractivity contribution is 8.14. The summed E-state index contributed by atoms with van der Waals surface area (Å²) in [7, 11) is 0. The molecule has 0 unspecified atom stereocenters. The van der Waals surface area contributed by atoms with Crippen molar-refractivity contribution in [2.24, 2.45) is 0 Å². The fourth-order valence-electron chi connectivity index (χ4n) is 1.88. The van der Waals surface area contributed by atoms with E-state index in [1.807, 2.05) is 0 Å². The van der Waals surface area contributed by atoms with E-state index >= 15 is 0 Å². The van der Waals surface area contributed by atoms with Crippen molar-refractivity contribution < 1.29 is 14.0 Å². The molecule has 0 aliphatic heterocycles. The maximum absolute atomic E-state index is 14.4. The Bertz CT molecular complexity index is 854. The van der Waals surface area contributed by atoms with Crippen LogP contribution in [0.5, 0.6) is 0 Å². The first kappa shape index (κ1) is 19.2. The Hall–Kier alpha value is -2.11. The molecule has 0 bridgehead atoms. The molecule has 0 saturated carbocycles. The summed E-state index contributed by atoms with van der Waals surface area (Å²) in [4.78, 5) is 24.6. The van der Waals surface area contributed by atoms with E-state index in [9.17, 15) is 14.0 Å². The van der Waals surface area contributed by atoms with Crippen LogP contribution in [0.25, 0.3) is 11.1 Å². The van der Waals surface area contributed by atoms with Crippen molar-refractivity contribution in [2.75, 3.05) is 0 Å². The van der Waals surface area contributed by atoms with Crippen LogP contribution in [0.4, 0.5) is 4.39 Å². The van der Waals surface area contributed by atoms with Crippen molar-refractivity contribution in [1.29, 1.82) is 0 Å². The van der Waals surface area contributed by atoms with Crippen LogP contribution in [0.2, 0.25) is 0 Å². The quantitative estimate of drug-likeness (QED) is 0.485. The molecule has 2 aromatic carbocycles. The fourth-order valence-corrected chi connectivity index (χ4v) is 3.23. The average Bonchev–Trinajstić information content (AvgIpc) is 2.55. The predicted molar refractivity (Wildman–Crippen MR) is 103 cm³/mol. The second-order valence-electron chi connectivity index (χ2n) is 5.51. The highest BCUT2D eigenvalue weighted by atomic mass is 32.2. The molecule has 0 aliphatic carbocycles. The van der Waals surface area contributed by atoms with Gasteiger partial charge < -0.3 is 0 Å². The zero-order valence-electron chi connectivity index (χ0n) is 14.0. The van der Waals surface area contributed by atoms with E-state index in [0.717, 1.165) is 28.4 Å². The van der Waals surface area contributed by atoms with Gasteiger partial charge in [-0.25, -0.2) is 4.39 Å². The Morgan fingerprint density at radius 1 is 0.840 bits per heavy atom. The molecule has 0 aliphatic rings. The lowest BCUT2D eigenvalue weighted by Crippen LogP contribution is -1.93. The van der Waals surface area contributed by atoms with Crippen molar-refractivity contribution in [3.05, 3.63) is 72.6 Å². The lowest BCUT2D eigenvalue weighted by atomic mass is 10.1. The summed E-state index contributed by atoms with van der Waals surface area (Å²) < 4.78 is 14.4. The van der Waals surface area contributed by atoms with Gasteiger partial charge in [0.1, 0.15) is 5.82 Å². The van der Waals surface area contributed by atoms with E-state index < -0.39 is 5.82 Å². The zero-order chi connectivity index (χ0) is 18.6. The molecule has 128 valence electrons. The number of hydrogen-bond acceptors (Lipinski definition) is 4. The first-order valence-corrected chi connectivity index (χ1v) is 9.06. The van der Waals surface area contributed by atoms with Gasteiger partial charge in [0.05, 0.1) is 0 Å². The molecule has 0 spiro atoms. The van der Waals surface area contributed by atoms with E-state index in [0.29, 0.717) is 27.2 Å². The molecule has 2 nitrogen and oxygen atoms in total. The first-order valence-electron chi connectivity index (χ1n) is 7.43. The molecular formula is C20H17FO2S2. The molecule has 5 heteroatoms. The number of benzene rings is 2. The Morgan fingerprint density at radius 3 is 1.80 bits per heavy atom. The lowest BCUT2D eigenvalue weighted by molar-refractivity contribution is -0.108. The highest BCUT2D eigenvalue weighted by Crippen LogP contribution is 2.30. The van der Waals surface area contributed by atoms with E-state index in [1.54, 1.807) is 50.2 Å². The lowest BCUT2D eigenvalue weighted by Gasteiger charge is -2.07. The second-order valence-corrected chi connectivity index (χ2v) is 7.60. The summed E-state index contributed by atoms with van der Waals surface area (Å²) in [5.74, 6) is -0.405. The number of thioether (sulfide) groups is 2. The van der Waals surface area contributed by atoms with Gasteiger partial charge in [0.25, 0.3) is 0 Å². The Labute approximate surface area is 155 Å². The molecule has 25 heavy (non-hydrogen) atoms. The maximum Gasteiger partial charge on any atom is 0.219 e. The Balaban J connectivity index is 2.18. The predicted octanol–water partition coefficient (Wildman–Crippen LogP) is 5.88. The molecule has 0 N–H and O–H groups in total. The SMILES string of the molecule is C=C(C)C(=O)Sc1ccc(-c2ccc(SC(=O)C(=C)C)cc2F)cc1. The summed E-state index contributed by atoms with van der Waals surface area (Å²) in [6.45, 7) is 10.5. The van der Waals surface area contributed by atoms with Gasteiger partial charge in [-0.1, -0.05) is 31.4 Å². The molecule has 2 aromatic rings. The smallest absolute Gasteiger partial charge is 0.219 e.